The Hall–Kier alpha value is -8.18. The molecule has 4 heteroatoms. The van der Waals surface area contributed by atoms with Gasteiger partial charge in [-0.15, -0.1) is 0 Å². The Balaban J connectivity index is 1.18. The maximum atomic E-state index is 2.54. The molecule has 0 spiro atoms. The molecule has 300 valence electrons. The van der Waals surface area contributed by atoms with Gasteiger partial charge in [0.25, 0.3) is 0 Å². The summed E-state index contributed by atoms with van der Waals surface area (Å²) in [5, 5.41) is 13.0. The van der Waals surface area contributed by atoms with Crippen LogP contribution in [0.3, 0.4) is 0 Å². The van der Waals surface area contributed by atoms with Gasteiger partial charge in [-0.3, -0.25) is 0 Å². The zero-order chi connectivity index (χ0) is 42.2. The van der Waals surface area contributed by atoms with E-state index in [-0.39, 0.29) is 0 Å². The number of hydrogen-bond donors (Lipinski definition) is 0. The van der Waals surface area contributed by atoms with Gasteiger partial charge in [0.2, 0.25) is 0 Å². The quantitative estimate of drug-likeness (QED) is 0.112. The van der Waals surface area contributed by atoms with E-state index in [2.05, 4.69) is 262 Å². The van der Waals surface area contributed by atoms with E-state index in [1.807, 2.05) is 0 Å². The summed E-state index contributed by atoms with van der Waals surface area (Å²) in [7, 11) is -3.12. The Bertz CT molecular complexity index is 3840. The Kier molecular flexibility index (Phi) is 8.23. The third kappa shape index (κ3) is 5.21. The summed E-state index contributed by atoms with van der Waals surface area (Å²) in [4.78, 5) is 0. The number of fused-ring (bicyclic) bond motifs is 9. The molecule has 0 N–H and O–H groups in total. The van der Waals surface area contributed by atoms with Crippen molar-refractivity contribution in [1.82, 2.24) is 13.7 Å². The third-order valence-corrected chi connectivity index (χ3v) is 18.4. The van der Waals surface area contributed by atoms with E-state index >= 15 is 0 Å². The van der Waals surface area contributed by atoms with Gasteiger partial charge in [0.05, 0.1) is 38.8 Å². The van der Waals surface area contributed by atoms with Crippen LogP contribution in [-0.4, -0.2) is 21.8 Å². The van der Waals surface area contributed by atoms with Crippen molar-refractivity contribution in [3.63, 3.8) is 0 Å². The first-order valence-corrected chi connectivity index (χ1v) is 24.1. The van der Waals surface area contributed by atoms with Gasteiger partial charge in [-0.25, -0.2) is 0 Å². The molecule has 3 nitrogen and oxygen atoms in total. The minimum absolute atomic E-state index is 1.14. The highest BCUT2D eigenvalue weighted by atomic mass is 28.3. The van der Waals surface area contributed by atoms with Crippen LogP contribution in [0.2, 0.25) is 0 Å². The van der Waals surface area contributed by atoms with Crippen molar-refractivity contribution in [2.75, 3.05) is 0 Å². The van der Waals surface area contributed by atoms with Crippen molar-refractivity contribution < 1.29 is 0 Å². The zero-order valence-corrected chi connectivity index (χ0v) is 36.0. The van der Waals surface area contributed by atoms with E-state index in [0.29, 0.717) is 0 Å². The normalized spacial score (nSPS) is 12.1. The van der Waals surface area contributed by atoms with Gasteiger partial charge in [0, 0.05) is 43.7 Å². The highest BCUT2D eigenvalue weighted by Gasteiger charge is 2.43. The van der Waals surface area contributed by atoms with E-state index in [0.717, 1.165) is 17.1 Å². The smallest absolute Gasteiger partial charge is 0.180 e. The van der Waals surface area contributed by atoms with Crippen LogP contribution < -0.4 is 20.7 Å². The Labute approximate surface area is 372 Å². The molecule has 0 atom stereocenters. The number of para-hydroxylation sites is 6. The SMILES string of the molecule is c1ccc(-n2c3ccccc3c3cc([Si](c4ccccc4)(c4ccccc4)c4cccc5c4c4ccccc4n5-c4cccc5c6ccccc6n(-c6ccccc6)c45)ccc32)cc1. The minimum atomic E-state index is -3.12. The number of aromatic nitrogens is 3. The molecular weight excluding hydrogens is 791 g/mol. The number of benzene rings is 10. The monoisotopic (exact) mass is 831 g/mol. The first-order valence-electron chi connectivity index (χ1n) is 22.1. The molecule has 0 saturated carbocycles. The molecule has 0 bridgehead atoms. The second kappa shape index (κ2) is 14.5. The molecule has 3 aromatic heterocycles. The Morgan fingerprint density at radius 3 is 1.36 bits per heavy atom. The van der Waals surface area contributed by atoms with Crippen LogP contribution in [0.15, 0.2) is 249 Å². The molecule has 13 rings (SSSR count). The fourth-order valence-electron chi connectivity index (χ4n) is 11.0. The van der Waals surface area contributed by atoms with Crippen molar-refractivity contribution in [2.24, 2.45) is 0 Å². The van der Waals surface area contributed by atoms with E-state index in [1.165, 1.54) is 86.2 Å². The number of hydrogen-bond acceptors (Lipinski definition) is 0. The lowest BCUT2D eigenvalue weighted by molar-refractivity contribution is 1.13. The Morgan fingerprint density at radius 2 is 0.719 bits per heavy atom. The summed E-state index contributed by atoms with van der Waals surface area (Å²) in [6.45, 7) is 0. The molecule has 0 aliphatic heterocycles. The fourth-order valence-corrected chi connectivity index (χ4v) is 16.0. The molecule has 3 heterocycles. The minimum Gasteiger partial charge on any atom is -0.309 e. The lowest BCUT2D eigenvalue weighted by Crippen LogP contribution is -2.74. The van der Waals surface area contributed by atoms with Crippen LogP contribution >= 0.6 is 0 Å². The number of rotatable bonds is 7. The summed E-state index contributed by atoms with van der Waals surface area (Å²) >= 11 is 0. The van der Waals surface area contributed by atoms with E-state index in [4.69, 9.17) is 0 Å². The van der Waals surface area contributed by atoms with Crippen LogP contribution in [0.25, 0.3) is 82.5 Å². The number of nitrogens with zero attached hydrogens (tertiary/aromatic N) is 3. The predicted octanol–water partition coefficient (Wildman–Crippen LogP) is 12.4. The van der Waals surface area contributed by atoms with Gasteiger partial charge in [-0.2, -0.15) is 0 Å². The van der Waals surface area contributed by atoms with Crippen molar-refractivity contribution in [1.29, 1.82) is 0 Å². The second-order valence-corrected chi connectivity index (χ2v) is 20.6. The third-order valence-electron chi connectivity index (χ3n) is 13.6. The first kappa shape index (κ1) is 36.5. The Morgan fingerprint density at radius 1 is 0.266 bits per heavy atom. The van der Waals surface area contributed by atoms with Crippen molar-refractivity contribution in [3.05, 3.63) is 249 Å². The summed E-state index contributed by atoms with van der Waals surface area (Å²) in [6, 6.07) is 92.4. The molecule has 0 unspecified atom stereocenters. The molecule has 13 aromatic rings. The zero-order valence-electron chi connectivity index (χ0n) is 35.0. The summed E-state index contributed by atoms with van der Waals surface area (Å²) in [5.74, 6) is 0. The van der Waals surface area contributed by atoms with Crippen LogP contribution in [0, 0.1) is 0 Å². The van der Waals surface area contributed by atoms with Gasteiger partial charge in [-0.1, -0.05) is 188 Å². The molecule has 0 fully saturated rings. The van der Waals surface area contributed by atoms with Gasteiger partial charge < -0.3 is 13.7 Å². The fraction of sp³-hybridized carbons (Fsp3) is 0. The largest absolute Gasteiger partial charge is 0.309 e. The molecule has 0 radical (unpaired) electrons. The maximum absolute atomic E-state index is 3.12. The molecular formula is C60H41N3Si. The molecule has 0 aliphatic carbocycles. The summed E-state index contributed by atoms with van der Waals surface area (Å²) < 4.78 is 7.42. The van der Waals surface area contributed by atoms with Crippen LogP contribution in [0.4, 0.5) is 0 Å². The molecule has 0 amide bonds. The van der Waals surface area contributed by atoms with Crippen molar-refractivity contribution in [3.8, 4) is 17.1 Å². The van der Waals surface area contributed by atoms with E-state index < -0.39 is 8.07 Å². The molecule has 0 saturated heterocycles. The van der Waals surface area contributed by atoms with Gasteiger partial charge in [-0.05, 0) is 81.4 Å². The summed E-state index contributed by atoms with van der Waals surface area (Å²) in [6.07, 6.45) is 0. The van der Waals surface area contributed by atoms with Crippen LogP contribution in [0.1, 0.15) is 0 Å². The van der Waals surface area contributed by atoms with Crippen LogP contribution in [-0.2, 0) is 0 Å². The topological polar surface area (TPSA) is 14.8 Å². The highest BCUT2D eigenvalue weighted by molar-refractivity contribution is 7.21. The van der Waals surface area contributed by atoms with E-state index in [9.17, 15) is 0 Å². The predicted molar refractivity (Wildman–Crippen MR) is 273 cm³/mol. The standard InChI is InChI=1S/C60H41N3Si/c1-5-21-42(22-6-1)61-52-33-16-14-30-48(52)51-41-46(39-40-55(51)61)64(44-25-9-3-10-26-44,45-27-11-4-12-28-45)58-38-20-36-56-59(58)50-31-15-18-35-54(50)63(56)57-37-19-32-49-47-29-13-17-34-53(47)62(60(49)57)43-23-7-2-8-24-43/h1-41H. The van der Waals surface area contributed by atoms with Gasteiger partial charge in [0.15, 0.2) is 8.07 Å². The molecule has 0 aliphatic rings. The second-order valence-electron chi connectivity index (χ2n) is 16.8. The molecule has 64 heavy (non-hydrogen) atoms. The average molecular weight is 832 g/mol. The average Bonchev–Trinajstić information content (AvgIpc) is 4.02. The van der Waals surface area contributed by atoms with E-state index in [1.54, 1.807) is 0 Å². The van der Waals surface area contributed by atoms with Gasteiger partial charge >= 0.3 is 0 Å². The lowest BCUT2D eigenvalue weighted by atomic mass is 10.1. The maximum Gasteiger partial charge on any atom is 0.180 e. The van der Waals surface area contributed by atoms with Crippen molar-refractivity contribution in [2.45, 2.75) is 0 Å². The summed E-state index contributed by atoms with van der Waals surface area (Å²) in [5.41, 5.74) is 10.6. The van der Waals surface area contributed by atoms with Gasteiger partial charge in [0.1, 0.15) is 0 Å². The highest BCUT2D eigenvalue weighted by Crippen LogP contribution is 2.40. The molecule has 10 aromatic carbocycles. The lowest BCUT2D eigenvalue weighted by Gasteiger charge is -2.35. The van der Waals surface area contributed by atoms with Crippen molar-refractivity contribution >= 4 is 94.2 Å². The van der Waals surface area contributed by atoms with Crippen LogP contribution in [0.5, 0.6) is 0 Å². The first-order chi connectivity index (χ1) is 31.8.